The van der Waals surface area contributed by atoms with Gasteiger partial charge in [0, 0.05) is 57.4 Å². The van der Waals surface area contributed by atoms with E-state index in [-0.39, 0.29) is 24.4 Å². The van der Waals surface area contributed by atoms with Crippen LogP contribution in [0.3, 0.4) is 0 Å². The molecule has 0 heterocycles. The molecular weight excluding hydrogens is 430 g/mol. The number of aryl methyl sites for hydroxylation is 1. The lowest BCUT2D eigenvalue weighted by Crippen LogP contribution is -2.27. The lowest BCUT2D eigenvalue weighted by molar-refractivity contribution is -0.127. The quantitative estimate of drug-likeness (QED) is 0.555. The molecule has 0 saturated heterocycles. The number of aliphatic imine (C=N–C) groups is 1. The maximum absolute atomic E-state index is 13.1. The first-order chi connectivity index (χ1) is 16.1. The van der Waals surface area contributed by atoms with E-state index in [4.69, 9.17) is 10.5 Å². The number of ether oxygens (including phenoxy) is 1. The van der Waals surface area contributed by atoms with Crippen molar-refractivity contribution in [3.63, 3.8) is 0 Å². The predicted molar refractivity (Wildman–Crippen MR) is 139 cm³/mol. The number of nitrogens with two attached hydrogens (primary N) is 1. The van der Waals surface area contributed by atoms with E-state index >= 15 is 0 Å². The SMILES string of the molecule is COc1cc(/C(C=NCC(=O)N(C)C)=C/N)cc(C(C)NC(=O)c2cc(N(C)C)ccc2C)c1. The van der Waals surface area contributed by atoms with Gasteiger partial charge < -0.3 is 25.6 Å². The largest absolute Gasteiger partial charge is 0.497 e. The lowest BCUT2D eigenvalue weighted by atomic mass is 9.99. The van der Waals surface area contributed by atoms with E-state index < -0.39 is 0 Å². The van der Waals surface area contributed by atoms with Crippen LogP contribution in [0.25, 0.3) is 5.57 Å². The van der Waals surface area contributed by atoms with E-state index in [0.29, 0.717) is 16.9 Å². The molecule has 0 fully saturated rings. The summed E-state index contributed by atoms with van der Waals surface area (Å²) < 4.78 is 5.47. The smallest absolute Gasteiger partial charge is 0.252 e. The van der Waals surface area contributed by atoms with Crippen LogP contribution in [-0.4, -0.2) is 64.8 Å². The topological polar surface area (TPSA) is 100 Å². The minimum absolute atomic E-state index is 0.0268. The third-order valence-corrected chi connectivity index (χ3v) is 5.46. The second-order valence-corrected chi connectivity index (χ2v) is 8.46. The second-order valence-electron chi connectivity index (χ2n) is 8.46. The lowest BCUT2D eigenvalue weighted by Gasteiger charge is -2.19. The predicted octanol–water partition coefficient (Wildman–Crippen LogP) is 3.02. The van der Waals surface area contributed by atoms with Crippen LogP contribution in [0, 0.1) is 6.92 Å². The summed E-state index contributed by atoms with van der Waals surface area (Å²) >= 11 is 0. The molecule has 0 bridgehead atoms. The number of hydrogen-bond acceptors (Lipinski definition) is 6. The van der Waals surface area contributed by atoms with Gasteiger partial charge >= 0.3 is 0 Å². The highest BCUT2D eigenvalue weighted by molar-refractivity contribution is 6.10. The van der Waals surface area contributed by atoms with Gasteiger partial charge in [-0.25, -0.2) is 0 Å². The van der Waals surface area contributed by atoms with Gasteiger partial charge in [-0.3, -0.25) is 14.6 Å². The minimum atomic E-state index is -0.296. The molecule has 0 aliphatic rings. The highest BCUT2D eigenvalue weighted by Crippen LogP contribution is 2.26. The molecule has 0 aliphatic heterocycles. The molecule has 2 amide bonds. The van der Waals surface area contributed by atoms with Crippen LogP contribution >= 0.6 is 0 Å². The Bertz CT molecular complexity index is 1090. The van der Waals surface area contributed by atoms with Gasteiger partial charge in [-0.15, -0.1) is 0 Å². The Balaban J connectivity index is 2.29. The fourth-order valence-electron chi connectivity index (χ4n) is 3.22. The van der Waals surface area contributed by atoms with Gasteiger partial charge in [-0.1, -0.05) is 6.07 Å². The molecule has 2 aromatic rings. The van der Waals surface area contributed by atoms with E-state index in [1.165, 1.54) is 11.1 Å². The van der Waals surface area contributed by atoms with Gasteiger partial charge in [0.2, 0.25) is 5.91 Å². The molecule has 34 heavy (non-hydrogen) atoms. The van der Waals surface area contributed by atoms with E-state index in [2.05, 4.69) is 10.3 Å². The third-order valence-electron chi connectivity index (χ3n) is 5.46. The van der Waals surface area contributed by atoms with Crippen molar-refractivity contribution in [3.05, 3.63) is 64.9 Å². The summed E-state index contributed by atoms with van der Waals surface area (Å²) in [5, 5.41) is 3.08. The molecule has 8 heteroatoms. The van der Waals surface area contributed by atoms with Gasteiger partial charge in [0.15, 0.2) is 0 Å². The number of nitrogens with zero attached hydrogens (tertiary/aromatic N) is 3. The van der Waals surface area contributed by atoms with Crippen molar-refractivity contribution >= 4 is 29.3 Å². The maximum Gasteiger partial charge on any atom is 0.252 e. The number of allylic oxidation sites excluding steroid dienone is 1. The number of methoxy groups -OCH3 is 1. The zero-order chi connectivity index (χ0) is 25.4. The Morgan fingerprint density at radius 2 is 1.85 bits per heavy atom. The number of hydrogen-bond donors (Lipinski definition) is 2. The summed E-state index contributed by atoms with van der Waals surface area (Å²) in [6.45, 7) is 3.86. The van der Waals surface area contributed by atoms with Crippen LogP contribution in [0.2, 0.25) is 0 Å². The zero-order valence-electron chi connectivity index (χ0n) is 21.0. The molecule has 2 aromatic carbocycles. The van der Waals surface area contributed by atoms with Gasteiger partial charge in [-0.2, -0.15) is 0 Å². The number of rotatable bonds is 9. The summed E-state index contributed by atoms with van der Waals surface area (Å²) in [7, 11) is 8.82. The van der Waals surface area contributed by atoms with Gasteiger partial charge in [0.1, 0.15) is 12.3 Å². The van der Waals surface area contributed by atoms with Crippen molar-refractivity contribution in [1.82, 2.24) is 10.2 Å². The van der Waals surface area contributed by atoms with Gasteiger partial charge in [-0.05, 0) is 60.9 Å². The number of amides is 2. The Morgan fingerprint density at radius 3 is 2.44 bits per heavy atom. The highest BCUT2D eigenvalue weighted by atomic mass is 16.5. The van der Waals surface area contributed by atoms with Crippen LogP contribution in [0.1, 0.15) is 40.0 Å². The fourth-order valence-corrected chi connectivity index (χ4v) is 3.22. The second kappa shape index (κ2) is 11.9. The summed E-state index contributed by atoms with van der Waals surface area (Å²) in [4.78, 5) is 32.5. The Morgan fingerprint density at radius 1 is 1.15 bits per heavy atom. The van der Waals surface area contributed by atoms with Crippen LogP contribution in [0.4, 0.5) is 5.69 Å². The molecule has 182 valence electrons. The number of anilines is 1. The number of nitrogens with one attached hydrogen (secondary N) is 1. The molecule has 0 radical (unpaired) electrons. The molecule has 1 atom stereocenters. The summed E-state index contributed by atoms with van der Waals surface area (Å²) in [5.74, 6) is 0.358. The van der Waals surface area contributed by atoms with E-state index in [9.17, 15) is 9.59 Å². The van der Waals surface area contributed by atoms with Crippen LogP contribution < -0.4 is 20.7 Å². The third kappa shape index (κ3) is 6.84. The molecule has 3 N–H and O–H groups in total. The first-order valence-corrected chi connectivity index (χ1v) is 11.0. The molecule has 0 aromatic heterocycles. The molecule has 0 spiro atoms. The number of carbonyl (C=O) groups is 2. The zero-order valence-corrected chi connectivity index (χ0v) is 21.0. The normalized spacial score (nSPS) is 12.4. The Kier molecular flexibility index (Phi) is 9.24. The summed E-state index contributed by atoms with van der Waals surface area (Å²) in [6, 6.07) is 11.1. The minimum Gasteiger partial charge on any atom is -0.497 e. The first kappa shape index (κ1) is 26.4. The molecule has 0 aliphatic carbocycles. The average Bonchev–Trinajstić information content (AvgIpc) is 2.81. The van der Waals surface area contributed by atoms with Crippen molar-refractivity contribution in [3.8, 4) is 5.75 Å². The Hall–Kier alpha value is -3.81. The van der Waals surface area contributed by atoms with Gasteiger partial charge in [0.25, 0.3) is 5.91 Å². The summed E-state index contributed by atoms with van der Waals surface area (Å²) in [6.07, 6.45) is 3.00. The standard InChI is InChI=1S/C26H35N5O3/c1-17-8-9-22(30(3)4)13-24(17)26(33)29-18(2)19-10-20(12-23(11-19)34-7)21(14-27)15-28-16-25(32)31(5)6/h8-15,18H,16,27H2,1-7H3,(H,29,33)/b21-14+,28-15?. The van der Waals surface area contributed by atoms with E-state index in [1.807, 2.05) is 69.2 Å². The maximum atomic E-state index is 13.1. The highest BCUT2D eigenvalue weighted by Gasteiger charge is 2.16. The van der Waals surface area contributed by atoms with Crippen LogP contribution in [0.15, 0.2) is 47.6 Å². The molecule has 8 nitrogen and oxygen atoms in total. The van der Waals surface area contributed by atoms with Crippen LogP contribution in [0.5, 0.6) is 5.75 Å². The first-order valence-electron chi connectivity index (χ1n) is 11.0. The number of likely N-dealkylation sites (N-methyl/N-ethyl adjacent to an activating group) is 1. The van der Waals surface area contributed by atoms with Crippen LogP contribution in [-0.2, 0) is 4.79 Å². The van der Waals surface area contributed by atoms with E-state index in [0.717, 1.165) is 22.4 Å². The molecule has 1 unspecified atom stereocenters. The fraction of sp³-hybridized carbons (Fsp3) is 0.346. The van der Waals surface area contributed by atoms with Crippen molar-refractivity contribution in [2.24, 2.45) is 10.7 Å². The van der Waals surface area contributed by atoms with Crippen molar-refractivity contribution in [2.75, 3.05) is 46.7 Å². The van der Waals surface area contributed by atoms with Crippen molar-refractivity contribution in [1.29, 1.82) is 0 Å². The average molecular weight is 466 g/mol. The van der Waals surface area contributed by atoms with Gasteiger partial charge in [0.05, 0.1) is 13.2 Å². The van der Waals surface area contributed by atoms with Crippen molar-refractivity contribution in [2.45, 2.75) is 19.9 Å². The Labute approximate surface area is 202 Å². The number of carbonyl (C=O) groups excluding carboxylic acids is 2. The molecular formula is C26H35N5O3. The number of benzene rings is 2. The van der Waals surface area contributed by atoms with Crippen molar-refractivity contribution < 1.29 is 14.3 Å². The monoisotopic (exact) mass is 465 g/mol. The molecule has 2 rings (SSSR count). The molecule has 0 saturated carbocycles. The van der Waals surface area contributed by atoms with E-state index in [1.54, 1.807) is 27.4 Å². The summed E-state index contributed by atoms with van der Waals surface area (Å²) in [5.41, 5.74) is 10.6.